The van der Waals surface area contributed by atoms with Crippen LogP contribution in [0.3, 0.4) is 0 Å². The van der Waals surface area contributed by atoms with Crippen LogP contribution in [0.5, 0.6) is 0 Å². The van der Waals surface area contributed by atoms with Gasteiger partial charge in [0.05, 0.1) is 0 Å². The van der Waals surface area contributed by atoms with Crippen molar-refractivity contribution < 1.29 is 0 Å². The third kappa shape index (κ3) is 3.24. The Morgan fingerprint density at radius 1 is 1.12 bits per heavy atom. The fourth-order valence-electron chi connectivity index (χ4n) is 2.56. The molecule has 0 amide bonds. The van der Waals surface area contributed by atoms with Gasteiger partial charge < -0.3 is 5.32 Å². The predicted molar refractivity (Wildman–Crippen MR) is 73.8 cm³/mol. The molecule has 1 unspecified atom stereocenters. The molecule has 0 saturated heterocycles. The van der Waals surface area contributed by atoms with Crippen molar-refractivity contribution in [2.45, 2.75) is 45.1 Å². The largest absolute Gasteiger partial charge is 0.382 e. The monoisotopic (exact) mass is 281 g/mol. The van der Waals surface area contributed by atoms with E-state index in [1.807, 2.05) is 0 Å². The molecular weight excluding hydrogens is 262 g/mol. The maximum absolute atomic E-state index is 3.62. The summed E-state index contributed by atoms with van der Waals surface area (Å²) in [6.45, 7) is 2.32. The van der Waals surface area contributed by atoms with Crippen molar-refractivity contribution in [2.75, 3.05) is 5.32 Å². The average Bonchev–Trinajstić information content (AvgIpc) is 2.33. The Kier molecular flexibility index (Phi) is 4.28. The lowest BCUT2D eigenvalue weighted by molar-refractivity contribution is 0.328. The van der Waals surface area contributed by atoms with E-state index in [2.05, 4.69) is 52.4 Å². The fraction of sp³-hybridized carbons (Fsp3) is 0.571. The van der Waals surface area contributed by atoms with Gasteiger partial charge in [-0.15, -0.1) is 0 Å². The quantitative estimate of drug-likeness (QED) is 0.837. The summed E-state index contributed by atoms with van der Waals surface area (Å²) in [4.78, 5) is 0. The summed E-state index contributed by atoms with van der Waals surface area (Å²) in [6.07, 6.45) is 7.05. The summed E-state index contributed by atoms with van der Waals surface area (Å²) in [5.41, 5.74) is 1.24. The minimum absolute atomic E-state index is 0.599. The van der Waals surface area contributed by atoms with Crippen molar-refractivity contribution in [1.29, 1.82) is 0 Å². The van der Waals surface area contributed by atoms with Crippen molar-refractivity contribution in [3.8, 4) is 0 Å². The Balaban J connectivity index is 1.90. The van der Waals surface area contributed by atoms with Crippen LogP contribution in [-0.4, -0.2) is 6.04 Å². The van der Waals surface area contributed by atoms with Crippen molar-refractivity contribution >= 4 is 21.6 Å². The Morgan fingerprint density at radius 2 is 1.75 bits per heavy atom. The highest BCUT2D eigenvalue weighted by Gasteiger charge is 2.19. The summed E-state index contributed by atoms with van der Waals surface area (Å²) in [5, 5.41) is 3.62. The van der Waals surface area contributed by atoms with Gasteiger partial charge in [-0.25, -0.2) is 0 Å². The molecule has 1 fully saturated rings. The van der Waals surface area contributed by atoms with Crippen LogP contribution in [0.15, 0.2) is 28.7 Å². The van der Waals surface area contributed by atoms with E-state index in [1.54, 1.807) is 0 Å². The van der Waals surface area contributed by atoms with Gasteiger partial charge >= 0.3 is 0 Å². The minimum Gasteiger partial charge on any atom is -0.382 e. The van der Waals surface area contributed by atoms with Gasteiger partial charge in [0.1, 0.15) is 0 Å². The standard InChI is InChI=1S/C14H20BrN/c1-11(12-5-3-2-4-6-12)16-14-9-7-13(15)8-10-14/h7-12,16H,2-6H2,1H3. The normalized spacial score (nSPS) is 19.4. The van der Waals surface area contributed by atoms with Crippen molar-refractivity contribution in [1.82, 2.24) is 0 Å². The molecule has 0 bridgehead atoms. The Labute approximate surface area is 107 Å². The molecule has 0 aliphatic heterocycles. The van der Waals surface area contributed by atoms with Crippen molar-refractivity contribution in [2.24, 2.45) is 5.92 Å². The predicted octanol–water partition coefficient (Wildman–Crippen LogP) is 4.83. The van der Waals surface area contributed by atoms with E-state index in [0.717, 1.165) is 10.4 Å². The molecule has 16 heavy (non-hydrogen) atoms. The van der Waals surface area contributed by atoms with Gasteiger partial charge in [-0.05, 0) is 49.9 Å². The molecule has 0 aromatic heterocycles. The third-order valence-corrected chi connectivity index (χ3v) is 4.12. The van der Waals surface area contributed by atoms with Crippen LogP contribution < -0.4 is 5.32 Å². The Hall–Kier alpha value is -0.500. The number of benzene rings is 1. The number of hydrogen-bond donors (Lipinski definition) is 1. The lowest BCUT2D eigenvalue weighted by Gasteiger charge is -2.29. The first kappa shape index (κ1) is 12.0. The highest BCUT2D eigenvalue weighted by atomic mass is 79.9. The second-order valence-corrected chi connectivity index (χ2v) is 5.75. The molecule has 0 heterocycles. The average molecular weight is 282 g/mol. The van der Waals surface area contributed by atoms with Gasteiger partial charge in [-0.1, -0.05) is 35.2 Å². The molecule has 1 aliphatic rings. The number of rotatable bonds is 3. The Bertz CT molecular complexity index is 314. The van der Waals surface area contributed by atoms with Gasteiger partial charge in [0.15, 0.2) is 0 Å². The van der Waals surface area contributed by atoms with E-state index >= 15 is 0 Å². The van der Waals surface area contributed by atoms with Crippen LogP contribution in [0.4, 0.5) is 5.69 Å². The SMILES string of the molecule is CC(Nc1ccc(Br)cc1)C1CCCCC1. The summed E-state index contributed by atoms with van der Waals surface area (Å²) in [7, 11) is 0. The van der Waals surface area contributed by atoms with Gasteiger partial charge in [-0.3, -0.25) is 0 Å². The topological polar surface area (TPSA) is 12.0 Å². The molecule has 1 aromatic rings. The van der Waals surface area contributed by atoms with E-state index in [9.17, 15) is 0 Å². The van der Waals surface area contributed by atoms with Gasteiger partial charge in [0, 0.05) is 16.2 Å². The summed E-state index contributed by atoms with van der Waals surface area (Å²) < 4.78 is 1.14. The molecule has 1 N–H and O–H groups in total. The van der Waals surface area contributed by atoms with E-state index < -0.39 is 0 Å². The number of nitrogens with one attached hydrogen (secondary N) is 1. The summed E-state index contributed by atoms with van der Waals surface area (Å²) in [5.74, 6) is 0.859. The minimum atomic E-state index is 0.599. The third-order valence-electron chi connectivity index (χ3n) is 3.60. The molecule has 88 valence electrons. The Morgan fingerprint density at radius 3 is 2.38 bits per heavy atom. The van der Waals surface area contributed by atoms with Gasteiger partial charge in [0.25, 0.3) is 0 Å². The molecule has 2 heteroatoms. The van der Waals surface area contributed by atoms with Crippen molar-refractivity contribution in [3.05, 3.63) is 28.7 Å². The molecule has 1 atom stereocenters. The fourth-order valence-corrected chi connectivity index (χ4v) is 2.83. The van der Waals surface area contributed by atoms with Crippen molar-refractivity contribution in [3.63, 3.8) is 0 Å². The first-order valence-electron chi connectivity index (χ1n) is 6.28. The van der Waals surface area contributed by atoms with E-state index in [-0.39, 0.29) is 0 Å². The van der Waals surface area contributed by atoms with Gasteiger partial charge in [-0.2, -0.15) is 0 Å². The number of halogens is 1. The van der Waals surface area contributed by atoms with E-state index in [4.69, 9.17) is 0 Å². The molecule has 0 radical (unpaired) electrons. The van der Waals surface area contributed by atoms with Crippen LogP contribution in [0.1, 0.15) is 39.0 Å². The van der Waals surface area contributed by atoms with Crippen LogP contribution in [0.2, 0.25) is 0 Å². The number of hydrogen-bond acceptors (Lipinski definition) is 1. The lowest BCUT2D eigenvalue weighted by Crippen LogP contribution is -2.27. The van der Waals surface area contributed by atoms with E-state index in [1.165, 1.54) is 37.8 Å². The first-order chi connectivity index (χ1) is 7.75. The molecule has 1 aromatic carbocycles. The summed E-state index contributed by atoms with van der Waals surface area (Å²) in [6, 6.07) is 9.07. The van der Waals surface area contributed by atoms with Crippen LogP contribution in [0, 0.1) is 5.92 Å². The maximum Gasteiger partial charge on any atom is 0.0343 e. The molecule has 1 saturated carbocycles. The highest BCUT2D eigenvalue weighted by molar-refractivity contribution is 9.10. The second-order valence-electron chi connectivity index (χ2n) is 4.84. The number of anilines is 1. The molecule has 2 rings (SSSR count). The maximum atomic E-state index is 3.62. The van der Waals surface area contributed by atoms with Crippen LogP contribution in [-0.2, 0) is 0 Å². The second kappa shape index (κ2) is 5.72. The molecule has 1 nitrogen and oxygen atoms in total. The first-order valence-corrected chi connectivity index (χ1v) is 7.07. The molecule has 0 spiro atoms. The lowest BCUT2D eigenvalue weighted by atomic mass is 9.84. The molecule has 1 aliphatic carbocycles. The van der Waals surface area contributed by atoms with E-state index in [0.29, 0.717) is 6.04 Å². The van der Waals surface area contributed by atoms with Gasteiger partial charge in [0.2, 0.25) is 0 Å². The highest BCUT2D eigenvalue weighted by Crippen LogP contribution is 2.28. The van der Waals surface area contributed by atoms with Crippen LogP contribution in [0.25, 0.3) is 0 Å². The zero-order valence-electron chi connectivity index (χ0n) is 9.88. The molecular formula is C14H20BrN. The summed E-state index contributed by atoms with van der Waals surface area (Å²) >= 11 is 3.46. The zero-order valence-corrected chi connectivity index (χ0v) is 11.5. The zero-order chi connectivity index (χ0) is 11.4. The smallest absolute Gasteiger partial charge is 0.0343 e. The van der Waals surface area contributed by atoms with Crippen LogP contribution >= 0.6 is 15.9 Å².